The second kappa shape index (κ2) is 8.15. The van der Waals surface area contributed by atoms with Crippen molar-refractivity contribution in [3.8, 4) is 0 Å². The Hall–Kier alpha value is -1.10. The van der Waals surface area contributed by atoms with Crippen molar-refractivity contribution in [2.24, 2.45) is 0 Å². The SMILES string of the molecule is CCCC(=O)OC1CC[C@@H](OC(=O)CCC)[C@H](C)O1. The maximum absolute atomic E-state index is 11.4. The Morgan fingerprint density at radius 2 is 1.63 bits per heavy atom. The van der Waals surface area contributed by atoms with E-state index in [4.69, 9.17) is 14.2 Å². The summed E-state index contributed by atoms with van der Waals surface area (Å²) in [5.74, 6) is -0.425. The lowest BCUT2D eigenvalue weighted by Crippen LogP contribution is -2.41. The van der Waals surface area contributed by atoms with Crippen LogP contribution in [0.3, 0.4) is 0 Å². The average Bonchev–Trinajstić information content (AvgIpc) is 2.33. The van der Waals surface area contributed by atoms with Crippen LogP contribution in [0.2, 0.25) is 0 Å². The molecule has 0 aromatic heterocycles. The molecule has 5 heteroatoms. The third-order valence-electron chi connectivity index (χ3n) is 3.03. The first-order chi connectivity index (χ1) is 9.06. The molecule has 110 valence electrons. The van der Waals surface area contributed by atoms with E-state index in [0.29, 0.717) is 25.7 Å². The zero-order valence-electron chi connectivity index (χ0n) is 12.0. The fraction of sp³-hybridized carbons (Fsp3) is 0.857. The van der Waals surface area contributed by atoms with Crippen molar-refractivity contribution in [1.82, 2.24) is 0 Å². The second-order valence-electron chi connectivity index (χ2n) is 4.87. The summed E-state index contributed by atoms with van der Waals surface area (Å²) in [4.78, 5) is 22.8. The second-order valence-corrected chi connectivity index (χ2v) is 4.87. The Bertz CT molecular complexity index is 302. The summed E-state index contributed by atoms with van der Waals surface area (Å²) < 4.78 is 16.1. The molecule has 0 spiro atoms. The van der Waals surface area contributed by atoms with E-state index in [-0.39, 0.29) is 24.1 Å². The van der Waals surface area contributed by atoms with Crippen LogP contribution in [-0.2, 0) is 23.8 Å². The van der Waals surface area contributed by atoms with Gasteiger partial charge in [0.05, 0.1) is 6.10 Å². The van der Waals surface area contributed by atoms with Crippen LogP contribution in [0, 0.1) is 0 Å². The Morgan fingerprint density at radius 1 is 1.05 bits per heavy atom. The molecule has 0 amide bonds. The molecule has 0 N–H and O–H groups in total. The topological polar surface area (TPSA) is 61.8 Å². The van der Waals surface area contributed by atoms with Crippen molar-refractivity contribution < 1.29 is 23.8 Å². The van der Waals surface area contributed by atoms with E-state index in [1.807, 2.05) is 20.8 Å². The smallest absolute Gasteiger partial charge is 0.308 e. The van der Waals surface area contributed by atoms with E-state index in [9.17, 15) is 9.59 Å². The van der Waals surface area contributed by atoms with Gasteiger partial charge in [-0.2, -0.15) is 0 Å². The van der Waals surface area contributed by atoms with Crippen LogP contribution in [0.1, 0.15) is 59.3 Å². The van der Waals surface area contributed by atoms with E-state index >= 15 is 0 Å². The first-order valence-electron chi connectivity index (χ1n) is 7.11. The van der Waals surface area contributed by atoms with Crippen molar-refractivity contribution in [3.63, 3.8) is 0 Å². The third kappa shape index (κ3) is 5.59. The van der Waals surface area contributed by atoms with Gasteiger partial charge in [0, 0.05) is 19.3 Å². The molecule has 1 rings (SSSR count). The molecular formula is C14H24O5. The van der Waals surface area contributed by atoms with Gasteiger partial charge >= 0.3 is 11.9 Å². The van der Waals surface area contributed by atoms with Crippen molar-refractivity contribution in [3.05, 3.63) is 0 Å². The Balaban J connectivity index is 2.34. The molecule has 5 nitrogen and oxygen atoms in total. The molecule has 0 bridgehead atoms. The van der Waals surface area contributed by atoms with Crippen molar-refractivity contribution in [1.29, 1.82) is 0 Å². The number of rotatable bonds is 6. The van der Waals surface area contributed by atoms with Gasteiger partial charge in [-0.25, -0.2) is 0 Å². The van der Waals surface area contributed by atoms with Crippen LogP contribution in [0.5, 0.6) is 0 Å². The zero-order valence-corrected chi connectivity index (χ0v) is 12.0. The van der Waals surface area contributed by atoms with Crippen LogP contribution in [0.4, 0.5) is 0 Å². The fourth-order valence-electron chi connectivity index (χ4n) is 2.01. The van der Waals surface area contributed by atoms with Crippen LogP contribution in [0.15, 0.2) is 0 Å². The summed E-state index contributed by atoms with van der Waals surface area (Å²) in [6.45, 7) is 5.70. The van der Waals surface area contributed by atoms with Gasteiger partial charge in [0.25, 0.3) is 0 Å². The number of hydrogen-bond acceptors (Lipinski definition) is 5. The number of ether oxygens (including phenoxy) is 3. The fourth-order valence-corrected chi connectivity index (χ4v) is 2.01. The third-order valence-corrected chi connectivity index (χ3v) is 3.03. The molecule has 0 aromatic rings. The molecule has 1 aliphatic rings. The highest BCUT2D eigenvalue weighted by Crippen LogP contribution is 2.23. The molecule has 1 saturated heterocycles. The van der Waals surface area contributed by atoms with Crippen LogP contribution >= 0.6 is 0 Å². The summed E-state index contributed by atoms with van der Waals surface area (Å²) in [6.07, 6.45) is 2.63. The number of esters is 2. The molecule has 19 heavy (non-hydrogen) atoms. The average molecular weight is 272 g/mol. The summed E-state index contributed by atoms with van der Waals surface area (Å²) in [6, 6.07) is 0. The van der Waals surface area contributed by atoms with Gasteiger partial charge in [0.15, 0.2) is 0 Å². The van der Waals surface area contributed by atoms with Crippen LogP contribution < -0.4 is 0 Å². The zero-order chi connectivity index (χ0) is 14.3. The molecule has 0 saturated carbocycles. The lowest BCUT2D eigenvalue weighted by Gasteiger charge is -2.33. The highest BCUT2D eigenvalue weighted by atomic mass is 16.7. The predicted octanol–water partition coefficient (Wildman–Crippen LogP) is 2.57. The van der Waals surface area contributed by atoms with E-state index in [1.54, 1.807) is 0 Å². The lowest BCUT2D eigenvalue weighted by molar-refractivity contribution is -0.224. The van der Waals surface area contributed by atoms with E-state index < -0.39 is 6.29 Å². The number of carbonyl (C=O) groups is 2. The van der Waals surface area contributed by atoms with Crippen molar-refractivity contribution >= 4 is 11.9 Å². The highest BCUT2D eigenvalue weighted by molar-refractivity contribution is 5.69. The van der Waals surface area contributed by atoms with E-state index in [2.05, 4.69) is 0 Å². The Labute approximate surface area is 114 Å². The summed E-state index contributed by atoms with van der Waals surface area (Å²) >= 11 is 0. The maximum atomic E-state index is 11.4. The van der Waals surface area contributed by atoms with Crippen LogP contribution in [-0.4, -0.2) is 30.4 Å². The molecule has 1 fully saturated rings. The van der Waals surface area contributed by atoms with Gasteiger partial charge in [-0.1, -0.05) is 13.8 Å². The van der Waals surface area contributed by atoms with Crippen molar-refractivity contribution in [2.75, 3.05) is 0 Å². The molecular weight excluding hydrogens is 248 g/mol. The van der Waals surface area contributed by atoms with E-state index in [1.165, 1.54) is 0 Å². The van der Waals surface area contributed by atoms with E-state index in [0.717, 1.165) is 12.8 Å². The van der Waals surface area contributed by atoms with Gasteiger partial charge in [-0.3, -0.25) is 9.59 Å². The molecule has 1 aliphatic heterocycles. The monoisotopic (exact) mass is 272 g/mol. The summed E-state index contributed by atoms with van der Waals surface area (Å²) in [5.41, 5.74) is 0. The van der Waals surface area contributed by atoms with Gasteiger partial charge in [-0.05, 0) is 26.2 Å². The van der Waals surface area contributed by atoms with Gasteiger partial charge in [0.1, 0.15) is 6.10 Å². The first kappa shape index (κ1) is 16.0. The maximum Gasteiger partial charge on any atom is 0.308 e. The minimum atomic E-state index is -0.504. The first-order valence-corrected chi connectivity index (χ1v) is 7.11. The van der Waals surface area contributed by atoms with Crippen LogP contribution in [0.25, 0.3) is 0 Å². The summed E-state index contributed by atoms with van der Waals surface area (Å²) in [5, 5.41) is 0. The molecule has 1 unspecified atom stereocenters. The molecule has 1 heterocycles. The minimum Gasteiger partial charge on any atom is -0.460 e. The molecule has 3 atom stereocenters. The molecule has 0 aromatic carbocycles. The number of hydrogen-bond donors (Lipinski definition) is 0. The molecule has 0 aliphatic carbocycles. The normalized spacial score (nSPS) is 26.8. The predicted molar refractivity (Wildman–Crippen MR) is 69.4 cm³/mol. The van der Waals surface area contributed by atoms with Gasteiger partial charge < -0.3 is 14.2 Å². The van der Waals surface area contributed by atoms with Gasteiger partial charge in [0.2, 0.25) is 6.29 Å². The standard InChI is InChI=1S/C14H24O5/c1-4-6-12(15)18-11-8-9-14(17-10(11)3)19-13(16)7-5-2/h10-11,14H,4-9H2,1-3H3/t10-,11+,14?/m0/s1. The lowest BCUT2D eigenvalue weighted by atomic mass is 10.1. The Morgan fingerprint density at radius 3 is 2.16 bits per heavy atom. The summed E-state index contributed by atoms with van der Waals surface area (Å²) in [7, 11) is 0. The molecule has 0 radical (unpaired) electrons. The number of carbonyl (C=O) groups excluding carboxylic acids is 2. The largest absolute Gasteiger partial charge is 0.460 e. The van der Waals surface area contributed by atoms with Gasteiger partial charge in [-0.15, -0.1) is 0 Å². The van der Waals surface area contributed by atoms with Crippen molar-refractivity contribution in [2.45, 2.75) is 77.8 Å². The minimum absolute atomic E-state index is 0.190. The quantitative estimate of drug-likeness (QED) is 0.695. The Kier molecular flexibility index (Phi) is 6.84. The highest BCUT2D eigenvalue weighted by Gasteiger charge is 2.32.